The quantitative estimate of drug-likeness (QED) is 0.806. The minimum absolute atomic E-state index is 0.364. The van der Waals surface area contributed by atoms with Gasteiger partial charge in [-0.2, -0.15) is 0 Å². The first kappa shape index (κ1) is 14.5. The van der Waals surface area contributed by atoms with E-state index >= 15 is 0 Å². The second-order valence-corrected chi connectivity index (χ2v) is 5.96. The number of hydrogen-bond donors (Lipinski definition) is 1. The van der Waals surface area contributed by atoms with Gasteiger partial charge in [0.15, 0.2) is 5.76 Å². The summed E-state index contributed by atoms with van der Waals surface area (Å²) in [5, 5.41) is 7.13. The molecule has 0 unspecified atom stereocenters. The van der Waals surface area contributed by atoms with Crippen LogP contribution in [0.4, 0.5) is 0 Å². The number of hydrogen-bond acceptors (Lipinski definition) is 5. The first-order valence-electron chi connectivity index (χ1n) is 7.01. The van der Waals surface area contributed by atoms with Crippen LogP contribution in [0.15, 0.2) is 10.6 Å². The van der Waals surface area contributed by atoms with E-state index in [0.29, 0.717) is 5.54 Å². The number of likely N-dealkylation sites (N-methyl/N-ethyl adjacent to an activating group) is 2. The summed E-state index contributed by atoms with van der Waals surface area (Å²) in [6.45, 7) is 2.67. The average molecular weight is 266 g/mol. The third-order valence-electron chi connectivity index (χ3n) is 4.19. The van der Waals surface area contributed by atoms with E-state index in [1.54, 1.807) is 0 Å². The summed E-state index contributed by atoms with van der Waals surface area (Å²) < 4.78 is 5.37. The van der Waals surface area contributed by atoms with Gasteiger partial charge in [0.2, 0.25) is 0 Å². The Labute approximate surface area is 115 Å². The molecule has 1 saturated carbocycles. The zero-order chi connectivity index (χ0) is 13.9. The molecule has 2 rings (SSSR count). The highest BCUT2D eigenvalue weighted by molar-refractivity contribution is 5.05. The topological polar surface area (TPSA) is 44.5 Å². The van der Waals surface area contributed by atoms with E-state index in [-0.39, 0.29) is 0 Å². The Bertz CT molecular complexity index is 398. The zero-order valence-electron chi connectivity index (χ0n) is 12.6. The lowest BCUT2D eigenvalue weighted by molar-refractivity contribution is 0.0239. The van der Waals surface area contributed by atoms with E-state index in [2.05, 4.69) is 41.4 Å². The summed E-state index contributed by atoms with van der Waals surface area (Å²) in [6, 6.07) is 2.04. The van der Waals surface area contributed by atoms with Crippen molar-refractivity contribution in [2.75, 3.05) is 34.7 Å². The van der Waals surface area contributed by atoms with Crippen LogP contribution in [0.3, 0.4) is 0 Å². The van der Waals surface area contributed by atoms with E-state index in [9.17, 15) is 0 Å². The molecular weight excluding hydrogens is 240 g/mol. The van der Waals surface area contributed by atoms with E-state index in [1.807, 2.05) is 13.1 Å². The highest BCUT2D eigenvalue weighted by atomic mass is 16.5. The first-order chi connectivity index (χ1) is 9.05. The average Bonchev–Trinajstić information content (AvgIpc) is 2.71. The van der Waals surface area contributed by atoms with Crippen molar-refractivity contribution in [2.24, 2.45) is 0 Å². The van der Waals surface area contributed by atoms with Gasteiger partial charge in [-0.1, -0.05) is 5.16 Å². The van der Waals surface area contributed by atoms with Crippen LogP contribution >= 0.6 is 0 Å². The second kappa shape index (κ2) is 6.03. The largest absolute Gasteiger partial charge is 0.360 e. The molecule has 0 spiro atoms. The molecule has 0 aliphatic heterocycles. The Morgan fingerprint density at radius 3 is 2.63 bits per heavy atom. The van der Waals surface area contributed by atoms with Crippen LogP contribution in [0.2, 0.25) is 0 Å². The SMILES string of the molecule is CNCc1cc(CN(C)CC2(N(C)C)CCC2)on1. The van der Waals surface area contributed by atoms with Crippen molar-refractivity contribution in [3.63, 3.8) is 0 Å². The Balaban J connectivity index is 1.87. The number of aromatic nitrogens is 1. The van der Waals surface area contributed by atoms with Crippen LogP contribution in [0, 0.1) is 0 Å². The summed E-state index contributed by atoms with van der Waals surface area (Å²) in [5.41, 5.74) is 1.33. The number of nitrogens with one attached hydrogen (secondary N) is 1. The maximum absolute atomic E-state index is 5.37. The number of rotatable bonds is 7. The van der Waals surface area contributed by atoms with E-state index in [4.69, 9.17) is 4.52 Å². The van der Waals surface area contributed by atoms with Crippen molar-refractivity contribution >= 4 is 0 Å². The van der Waals surface area contributed by atoms with Crippen molar-refractivity contribution in [2.45, 2.75) is 37.9 Å². The molecule has 0 aromatic carbocycles. The van der Waals surface area contributed by atoms with E-state index in [1.165, 1.54) is 19.3 Å². The van der Waals surface area contributed by atoms with Gasteiger partial charge in [-0.25, -0.2) is 0 Å². The lowest BCUT2D eigenvalue weighted by Crippen LogP contribution is -2.56. The minimum atomic E-state index is 0.364. The first-order valence-corrected chi connectivity index (χ1v) is 7.01. The highest BCUT2D eigenvalue weighted by Crippen LogP contribution is 2.36. The number of nitrogens with zero attached hydrogens (tertiary/aromatic N) is 3. The van der Waals surface area contributed by atoms with Crippen LogP contribution in [-0.2, 0) is 13.1 Å². The van der Waals surface area contributed by atoms with Crippen molar-refractivity contribution in [3.05, 3.63) is 17.5 Å². The molecule has 1 aliphatic rings. The summed E-state index contributed by atoms with van der Waals surface area (Å²) in [4.78, 5) is 4.71. The van der Waals surface area contributed by atoms with Gasteiger partial charge in [0, 0.05) is 24.7 Å². The Hall–Kier alpha value is -0.910. The summed E-state index contributed by atoms with van der Waals surface area (Å²) in [6.07, 6.45) is 3.94. The molecule has 0 atom stereocenters. The smallest absolute Gasteiger partial charge is 0.151 e. The van der Waals surface area contributed by atoms with Gasteiger partial charge in [-0.15, -0.1) is 0 Å². The maximum Gasteiger partial charge on any atom is 0.151 e. The maximum atomic E-state index is 5.37. The van der Waals surface area contributed by atoms with Gasteiger partial charge in [0.05, 0.1) is 12.2 Å². The van der Waals surface area contributed by atoms with Gasteiger partial charge in [0.25, 0.3) is 0 Å². The summed E-state index contributed by atoms with van der Waals surface area (Å²) >= 11 is 0. The lowest BCUT2D eigenvalue weighted by atomic mass is 9.75. The molecule has 0 saturated heterocycles. The van der Waals surface area contributed by atoms with Gasteiger partial charge in [-0.3, -0.25) is 4.90 Å². The fourth-order valence-electron chi connectivity index (χ4n) is 2.85. The fraction of sp³-hybridized carbons (Fsp3) is 0.786. The Morgan fingerprint density at radius 1 is 1.37 bits per heavy atom. The predicted molar refractivity (Wildman–Crippen MR) is 75.9 cm³/mol. The molecule has 1 N–H and O–H groups in total. The summed E-state index contributed by atoms with van der Waals surface area (Å²) in [5.74, 6) is 0.945. The zero-order valence-corrected chi connectivity index (χ0v) is 12.6. The van der Waals surface area contributed by atoms with Crippen LogP contribution in [0.1, 0.15) is 30.7 Å². The third-order valence-corrected chi connectivity index (χ3v) is 4.19. The molecule has 1 aliphatic carbocycles. The molecule has 0 radical (unpaired) electrons. The standard InChI is InChI=1S/C14H26N4O/c1-15-9-12-8-13(19-16-12)10-18(4)11-14(17(2)3)6-5-7-14/h8,15H,5-7,9-11H2,1-4H3. The van der Waals surface area contributed by atoms with Gasteiger partial charge in [-0.05, 0) is 47.5 Å². The highest BCUT2D eigenvalue weighted by Gasteiger charge is 2.39. The Kier molecular flexibility index (Phi) is 4.60. The van der Waals surface area contributed by atoms with Gasteiger partial charge >= 0.3 is 0 Å². The predicted octanol–water partition coefficient (Wildman–Crippen LogP) is 1.31. The molecule has 19 heavy (non-hydrogen) atoms. The summed E-state index contributed by atoms with van der Waals surface area (Å²) in [7, 11) is 8.45. The van der Waals surface area contributed by atoms with Gasteiger partial charge in [0.1, 0.15) is 0 Å². The molecule has 0 amide bonds. The van der Waals surface area contributed by atoms with Crippen molar-refractivity contribution in [3.8, 4) is 0 Å². The fourth-order valence-corrected chi connectivity index (χ4v) is 2.85. The molecule has 1 aromatic rings. The molecule has 5 nitrogen and oxygen atoms in total. The molecule has 5 heteroatoms. The molecule has 1 aromatic heterocycles. The van der Waals surface area contributed by atoms with Crippen LogP contribution in [0.25, 0.3) is 0 Å². The van der Waals surface area contributed by atoms with Gasteiger partial charge < -0.3 is 14.7 Å². The normalized spacial score (nSPS) is 18.0. The van der Waals surface area contributed by atoms with Crippen molar-refractivity contribution in [1.82, 2.24) is 20.3 Å². The molecule has 108 valence electrons. The van der Waals surface area contributed by atoms with Crippen LogP contribution < -0.4 is 5.32 Å². The van der Waals surface area contributed by atoms with Crippen molar-refractivity contribution in [1.29, 1.82) is 0 Å². The third kappa shape index (κ3) is 3.35. The monoisotopic (exact) mass is 266 g/mol. The van der Waals surface area contributed by atoms with Crippen LogP contribution in [0.5, 0.6) is 0 Å². The Morgan fingerprint density at radius 2 is 2.11 bits per heavy atom. The molecular formula is C14H26N4O. The van der Waals surface area contributed by atoms with Crippen LogP contribution in [-0.4, -0.2) is 55.2 Å². The second-order valence-electron chi connectivity index (χ2n) is 5.96. The lowest BCUT2D eigenvalue weighted by Gasteiger charge is -2.49. The van der Waals surface area contributed by atoms with E-state index in [0.717, 1.165) is 31.1 Å². The molecule has 0 bridgehead atoms. The molecule has 1 heterocycles. The molecule has 1 fully saturated rings. The minimum Gasteiger partial charge on any atom is -0.360 e. The van der Waals surface area contributed by atoms with Crippen molar-refractivity contribution < 1.29 is 4.52 Å². The van der Waals surface area contributed by atoms with E-state index < -0.39 is 0 Å².